The summed E-state index contributed by atoms with van der Waals surface area (Å²) in [7, 11) is 0. The summed E-state index contributed by atoms with van der Waals surface area (Å²) in [5.74, 6) is 1.35. The van der Waals surface area contributed by atoms with Crippen molar-refractivity contribution in [1.29, 1.82) is 0 Å². The molecule has 1 aliphatic carbocycles. The number of likely N-dealkylation sites (tertiary alicyclic amines) is 1. The molecule has 38 heavy (non-hydrogen) atoms. The Bertz CT molecular complexity index is 1370. The van der Waals surface area contributed by atoms with Crippen LogP contribution in [0.1, 0.15) is 51.6 Å². The van der Waals surface area contributed by atoms with Gasteiger partial charge in [-0.3, -0.25) is 4.98 Å². The van der Waals surface area contributed by atoms with Gasteiger partial charge in [0.15, 0.2) is 5.82 Å². The van der Waals surface area contributed by atoms with Gasteiger partial charge in [-0.2, -0.15) is 0 Å². The number of amides is 1. The molecular weight excluding hydrogens is 487 g/mol. The quantitative estimate of drug-likeness (QED) is 0.456. The van der Waals surface area contributed by atoms with Crippen LogP contribution in [0.25, 0.3) is 11.1 Å². The molecule has 4 heterocycles. The zero-order chi connectivity index (χ0) is 26.5. The minimum absolute atomic E-state index is 0.0188. The molecule has 3 aliphatic rings. The van der Waals surface area contributed by atoms with Crippen LogP contribution in [0.2, 0.25) is 0 Å². The molecule has 198 valence electrons. The second-order valence-electron chi connectivity index (χ2n) is 11.5. The number of anilines is 1. The molecular formula is C28H31FN6O3. The first-order valence-corrected chi connectivity index (χ1v) is 13.0. The van der Waals surface area contributed by atoms with E-state index in [-0.39, 0.29) is 23.2 Å². The van der Waals surface area contributed by atoms with Crippen molar-refractivity contribution in [3.8, 4) is 22.8 Å². The number of aromatic nitrogens is 4. The molecule has 2 aromatic heterocycles. The van der Waals surface area contributed by atoms with Crippen LogP contribution < -0.4 is 9.64 Å². The zero-order valence-corrected chi connectivity index (χ0v) is 21.9. The molecule has 0 bridgehead atoms. The number of carbonyl (C=O) groups excluding carboxylic acids is 1. The summed E-state index contributed by atoms with van der Waals surface area (Å²) in [6, 6.07) is 8.28. The molecule has 3 fully saturated rings. The van der Waals surface area contributed by atoms with Crippen LogP contribution in [-0.4, -0.2) is 62.9 Å². The molecule has 0 radical (unpaired) electrons. The SMILES string of the molecule is CC(C)(C)OC(=O)N1CC2(CCN(c3ncnnc3Oc3ccc(F)cc3-c3cccnc3C3CC3)C2)C1. The van der Waals surface area contributed by atoms with Crippen molar-refractivity contribution in [2.45, 2.75) is 51.6 Å². The number of hydrogen-bond acceptors (Lipinski definition) is 8. The van der Waals surface area contributed by atoms with Crippen molar-refractivity contribution >= 4 is 11.9 Å². The van der Waals surface area contributed by atoms with Crippen molar-refractivity contribution in [2.75, 3.05) is 31.1 Å². The fourth-order valence-corrected chi connectivity index (χ4v) is 5.37. The maximum atomic E-state index is 14.4. The maximum absolute atomic E-state index is 14.4. The van der Waals surface area contributed by atoms with Gasteiger partial charge in [-0.1, -0.05) is 6.07 Å². The molecule has 1 amide bonds. The highest BCUT2D eigenvalue weighted by molar-refractivity contribution is 5.74. The standard InChI is InChI=1S/C28H31FN6O3/c1-27(2,3)38-26(36)35-15-28(16-35)10-12-34(14-28)24-25(33-32-17-31-24)37-22-9-8-19(29)13-21(22)20-5-4-11-30-23(20)18-6-7-18/h4-5,8-9,11,13,17-18H,6-7,10,12,14-16H2,1-3H3. The van der Waals surface area contributed by atoms with Crippen LogP contribution in [0.15, 0.2) is 42.9 Å². The van der Waals surface area contributed by atoms with Crippen LogP contribution in [0.4, 0.5) is 15.0 Å². The number of halogens is 1. The van der Waals surface area contributed by atoms with Gasteiger partial charge in [0.25, 0.3) is 5.88 Å². The van der Waals surface area contributed by atoms with E-state index in [1.54, 1.807) is 17.2 Å². The molecule has 1 aromatic carbocycles. The van der Waals surface area contributed by atoms with E-state index in [0.29, 0.717) is 42.7 Å². The fourth-order valence-electron chi connectivity index (χ4n) is 5.37. The van der Waals surface area contributed by atoms with Crippen molar-refractivity contribution in [3.05, 3.63) is 54.4 Å². The monoisotopic (exact) mass is 518 g/mol. The van der Waals surface area contributed by atoms with Gasteiger partial charge in [-0.15, -0.1) is 10.2 Å². The largest absolute Gasteiger partial charge is 0.444 e. The molecule has 1 spiro atoms. The van der Waals surface area contributed by atoms with Crippen molar-refractivity contribution in [2.24, 2.45) is 5.41 Å². The normalized spacial score (nSPS) is 18.4. The van der Waals surface area contributed by atoms with Crippen LogP contribution in [-0.2, 0) is 4.74 Å². The first-order chi connectivity index (χ1) is 18.2. The fraction of sp³-hybridized carbons (Fsp3) is 0.464. The summed E-state index contributed by atoms with van der Waals surface area (Å²) in [6.07, 6.45) is 5.97. The van der Waals surface area contributed by atoms with E-state index >= 15 is 0 Å². The van der Waals surface area contributed by atoms with Gasteiger partial charge in [0.2, 0.25) is 0 Å². The minimum atomic E-state index is -0.519. The Hall–Kier alpha value is -3.82. The Morgan fingerprint density at radius 2 is 1.92 bits per heavy atom. The molecule has 6 rings (SSSR count). The van der Waals surface area contributed by atoms with E-state index in [1.165, 1.54) is 18.5 Å². The van der Waals surface area contributed by atoms with Gasteiger partial charge < -0.3 is 19.3 Å². The van der Waals surface area contributed by atoms with Gasteiger partial charge >= 0.3 is 6.09 Å². The highest BCUT2D eigenvalue weighted by atomic mass is 19.1. The number of hydrogen-bond donors (Lipinski definition) is 0. The van der Waals surface area contributed by atoms with Crippen molar-refractivity contribution in [3.63, 3.8) is 0 Å². The van der Waals surface area contributed by atoms with Crippen LogP contribution in [0, 0.1) is 11.2 Å². The number of benzene rings is 1. The van der Waals surface area contributed by atoms with Crippen LogP contribution >= 0.6 is 0 Å². The topological polar surface area (TPSA) is 93.6 Å². The summed E-state index contributed by atoms with van der Waals surface area (Å²) < 4.78 is 26.2. The number of rotatable bonds is 5. The predicted molar refractivity (Wildman–Crippen MR) is 139 cm³/mol. The van der Waals surface area contributed by atoms with Crippen LogP contribution in [0.3, 0.4) is 0 Å². The molecule has 0 N–H and O–H groups in total. The molecule has 0 atom stereocenters. The smallest absolute Gasteiger partial charge is 0.410 e. The third-order valence-corrected chi connectivity index (χ3v) is 7.25. The number of pyridine rings is 1. The van der Waals surface area contributed by atoms with Gasteiger partial charge in [0.1, 0.15) is 23.5 Å². The van der Waals surface area contributed by atoms with Crippen LogP contribution in [0.5, 0.6) is 11.6 Å². The molecule has 1 saturated carbocycles. The highest BCUT2D eigenvalue weighted by Gasteiger charge is 2.51. The van der Waals surface area contributed by atoms with E-state index in [2.05, 4.69) is 25.1 Å². The van der Waals surface area contributed by atoms with Gasteiger partial charge in [-0.05, 0) is 64.3 Å². The van der Waals surface area contributed by atoms with Gasteiger partial charge in [-0.25, -0.2) is 14.2 Å². The Balaban J connectivity index is 1.22. The third-order valence-electron chi connectivity index (χ3n) is 7.25. The molecule has 10 heteroatoms. The number of nitrogens with zero attached hydrogens (tertiary/aromatic N) is 6. The molecule has 2 aliphatic heterocycles. The lowest BCUT2D eigenvalue weighted by Crippen LogP contribution is -2.60. The average Bonchev–Trinajstić information content (AvgIpc) is 3.61. The number of carbonyl (C=O) groups is 1. The Labute approximate surface area is 221 Å². The van der Waals surface area contributed by atoms with Gasteiger partial charge in [0.05, 0.1) is 5.69 Å². The van der Waals surface area contributed by atoms with E-state index < -0.39 is 5.60 Å². The predicted octanol–water partition coefficient (Wildman–Crippen LogP) is 5.19. The average molecular weight is 519 g/mol. The number of ether oxygens (including phenoxy) is 2. The summed E-state index contributed by atoms with van der Waals surface area (Å²) in [4.78, 5) is 25.4. The lowest BCUT2D eigenvalue weighted by atomic mass is 9.79. The van der Waals surface area contributed by atoms with Crippen molar-refractivity contribution < 1.29 is 18.7 Å². The van der Waals surface area contributed by atoms with Crippen molar-refractivity contribution in [1.82, 2.24) is 25.1 Å². The summed E-state index contributed by atoms with van der Waals surface area (Å²) in [5.41, 5.74) is 1.91. The second-order valence-corrected chi connectivity index (χ2v) is 11.5. The lowest BCUT2D eigenvalue weighted by molar-refractivity contribution is -0.0266. The summed E-state index contributed by atoms with van der Waals surface area (Å²) in [5, 5.41) is 8.21. The highest BCUT2D eigenvalue weighted by Crippen LogP contribution is 2.46. The Kier molecular flexibility index (Phi) is 5.92. The molecule has 2 saturated heterocycles. The maximum Gasteiger partial charge on any atom is 0.410 e. The summed E-state index contributed by atoms with van der Waals surface area (Å²) >= 11 is 0. The Morgan fingerprint density at radius 1 is 1.11 bits per heavy atom. The molecule has 3 aromatic rings. The van der Waals surface area contributed by atoms with E-state index in [1.807, 2.05) is 32.9 Å². The van der Waals surface area contributed by atoms with E-state index in [4.69, 9.17) is 9.47 Å². The Morgan fingerprint density at radius 3 is 2.68 bits per heavy atom. The molecule has 9 nitrogen and oxygen atoms in total. The first-order valence-electron chi connectivity index (χ1n) is 13.0. The van der Waals surface area contributed by atoms with E-state index in [0.717, 1.165) is 37.1 Å². The zero-order valence-electron chi connectivity index (χ0n) is 21.9. The first kappa shape index (κ1) is 24.5. The molecule has 0 unspecified atom stereocenters. The van der Waals surface area contributed by atoms with E-state index in [9.17, 15) is 9.18 Å². The third kappa shape index (κ3) is 4.87. The minimum Gasteiger partial charge on any atom is -0.444 e. The second kappa shape index (κ2) is 9.18. The lowest BCUT2D eigenvalue weighted by Gasteiger charge is -2.47. The van der Waals surface area contributed by atoms with Gasteiger partial charge in [0, 0.05) is 54.8 Å². The summed E-state index contributed by atoms with van der Waals surface area (Å²) in [6.45, 7) is 8.35.